The lowest BCUT2D eigenvalue weighted by Crippen LogP contribution is -2.35. The third-order valence-electron chi connectivity index (χ3n) is 4.28. The molecule has 2 saturated heterocycles. The van der Waals surface area contributed by atoms with Gasteiger partial charge in [-0.05, 0) is 30.0 Å². The summed E-state index contributed by atoms with van der Waals surface area (Å²) in [4.78, 5) is 20.8. The third kappa shape index (κ3) is 3.77. The first-order valence-corrected chi connectivity index (χ1v) is 9.37. The SMILES string of the molecule is CN1C(=O)/C(=C\c2ccc(N3CCOCC3)o2)SC1=Nc1ccccc1F. The maximum absolute atomic E-state index is 13.8. The number of amides is 1. The molecule has 27 heavy (non-hydrogen) atoms. The first-order chi connectivity index (χ1) is 13.1. The fourth-order valence-electron chi connectivity index (χ4n) is 2.80. The predicted octanol–water partition coefficient (Wildman–Crippen LogP) is 3.49. The maximum atomic E-state index is 13.8. The van der Waals surface area contributed by atoms with Crippen LogP contribution in [0.5, 0.6) is 0 Å². The summed E-state index contributed by atoms with van der Waals surface area (Å²) >= 11 is 1.20. The molecule has 2 aliphatic heterocycles. The molecule has 4 rings (SSSR count). The van der Waals surface area contributed by atoms with Crippen LogP contribution < -0.4 is 4.90 Å². The topological polar surface area (TPSA) is 58.3 Å². The Hall–Kier alpha value is -2.58. The van der Waals surface area contributed by atoms with Crippen LogP contribution in [0.1, 0.15) is 5.76 Å². The first kappa shape index (κ1) is 17.8. The number of aliphatic imine (C=N–C) groups is 1. The number of amidine groups is 1. The Morgan fingerprint density at radius 2 is 1.96 bits per heavy atom. The van der Waals surface area contributed by atoms with Gasteiger partial charge in [0.25, 0.3) is 5.91 Å². The lowest BCUT2D eigenvalue weighted by molar-refractivity contribution is -0.121. The number of hydrogen-bond donors (Lipinski definition) is 0. The standard InChI is InChI=1S/C19H18FN3O3S/c1-22-18(24)16(27-19(22)21-15-5-3-2-4-14(15)20)12-13-6-7-17(26-13)23-8-10-25-11-9-23/h2-7,12H,8-11H2,1H3/b16-12+,21-19?. The van der Waals surface area contributed by atoms with E-state index in [2.05, 4.69) is 9.89 Å². The molecule has 0 atom stereocenters. The number of morpholine rings is 1. The minimum absolute atomic E-state index is 0.195. The monoisotopic (exact) mass is 387 g/mol. The summed E-state index contributed by atoms with van der Waals surface area (Å²) < 4.78 is 25.0. The van der Waals surface area contributed by atoms with Crippen LogP contribution in [0.3, 0.4) is 0 Å². The predicted molar refractivity (Wildman–Crippen MR) is 104 cm³/mol. The summed E-state index contributed by atoms with van der Waals surface area (Å²) in [6, 6.07) is 9.94. The van der Waals surface area contributed by atoms with Gasteiger partial charge in [0.15, 0.2) is 11.1 Å². The Morgan fingerprint density at radius 1 is 1.19 bits per heavy atom. The number of benzene rings is 1. The van der Waals surface area contributed by atoms with Crippen molar-refractivity contribution < 1.29 is 18.3 Å². The van der Waals surface area contributed by atoms with Crippen molar-refractivity contribution in [2.75, 3.05) is 38.3 Å². The van der Waals surface area contributed by atoms with E-state index in [4.69, 9.17) is 9.15 Å². The zero-order valence-corrected chi connectivity index (χ0v) is 15.5. The summed E-state index contributed by atoms with van der Waals surface area (Å²) in [7, 11) is 1.62. The molecule has 0 unspecified atom stereocenters. The van der Waals surface area contributed by atoms with Crippen LogP contribution in [-0.4, -0.2) is 49.3 Å². The summed E-state index contributed by atoms with van der Waals surface area (Å²) in [5.74, 6) is 0.728. The van der Waals surface area contributed by atoms with E-state index in [9.17, 15) is 9.18 Å². The second kappa shape index (κ2) is 7.58. The smallest absolute Gasteiger partial charge is 0.266 e. The normalized spacial score (nSPS) is 20.9. The number of anilines is 1. The van der Waals surface area contributed by atoms with Crippen molar-refractivity contribution in [2.24, 2.45) is 4.99 Å². The van der Waals surface area contributed by atoms with Crippen LogP contribution in [0.4, 0.5) is 16.0 Å². The van der Waals surface area contributed by atoms with Crippen molar-refractivity contribution in [2.45, 2.75) is 0 Å². The molecule has 2 aromatic rings. The van der Waals surface area contributed by atoms with Gasteiger partial charge in [-0.15, -0.1) is 0 Å². The first-order valence-electron chi connectivity index (χ1n) is 8.55. The Balaban J connectivity index is 1.55. The number of thioether (sulfide) groups is 1. The molecule has 2 fully saturated rings. The van der Waals surface area contributed by atoms with E-state index in [-0.39, 0.29) is 11.6 Å². The van der Waals surface area contributed by atoms with E-state index in [1.165, 1.54) is 22.7 Å². The molecule has 0 aliphatic carbocycles. The zero-order chi connectivity index (χ0) is 18.8. The number of furan rings is 1. The van der Waals surface area contributed by atoms with Crippen molar-refractivity contribution in [3.8, 4) is 0 Å². The van der Waals surface area contributed by atoms with E-state index in [0.29, 0.717) is 29.0 Å². The molecule has 0 radical (unpaired) electrons. The van der Waals surface area contributed by atoms with E-state index >= 15 is 0 Å². The Morgan fingerprint density at radius 3 is 2.74 bits per heavy atom. The van der Waals surface area contributed by atoms with Gasteiger partial charge in [0.1, 0.15) is 17.3 Å². The summed E-state index contributed by atoms with van der Waals surface area (Å²) in [5.41, 5.74) is 0.202. The summed E-state index contributed by atoms with van der Waals surface area (Å²) in [6.45, 7) is 2.90. The minimum Gasteiger partial charge on any atom is -0.441 e. The maximum Gasteiger partial charge on any atom is 0.266 e. The lowest BCUT2D eigenvalue weighted by Gasteiger charge is -2.26. The second-order valence-electron chi connectivity index (χ2n) is 6.10. The number of para-hydroxylation sites is 1. The van der Waals surface area contributed by atoms with Crippen LogP contribution in [-0.2, 0) is 9.53 Å². The fraction of sp³-hybridized carbons (Fsp3) is 0.263. The van der Waals surface area contributed by atoms with Gasteiger partial charge in [-0.3, -0.25) is 9.69 Å². The highest BCUT2D eigenvalue weighted by molar-refractivity contribution is 8.18. The number of hydrogen-bond acceptors (Lipinski definition) is 6. The van der Waals surface area contributed by atoms with Gasteiger partial charge < -0.3 is 14.1 Å². The third-order valence-corrected chi connectivity index (χ3v) is 5.34. The molecule has 140 valence electrons. The van der Waals surface area contributed by atoms with Gasteiger partial charge in [0.05, 0.1) is 18.1 Å². The van der Waals surface area contributed by atoms with Crippen LogP contribution in [0.2, 0.25) is 0 Å². The van der Waals surface area contributed by atoms with Crippen molar-refractivity contribution >= 4 is 40.5 Å². The number of rotatable bonds is 3. The van der Waals surface area contributed by atoms with Crippen LogP contribution in [0.15, 0.2) is 50.7 Å². The number of ether oxygens (including phenoxy) is 1. The van der Waals surface area contributed by atoms with E-state index < -0.39 is 5.82 Å². The number of carbonyl (C=O) groups excluding carboxylic acids is 1. The molecule has 0 spiro atoms. The van der Waals surface area contributed by atoms with Gasteiger partial charge in [-0.2, -0.15) is 0 Å². The molecule has 6 nitrogen and oxygen atoms in total. The highest BCUT2D eigenvalue weighted by atomic mass is 32.2. The van der Waals surface area contributed by atoms with Crippen molar-refractivity contribution in [1.29, 1.82) is 0 Å². The van der Waals surface area contributed by atoms with Crippen molar-refractivity contribution in [3.05, 3.63) is 52.9 Å². The average Bonchev–Trinajstić information content (AvgIpc) is 3.25. The molecular formula is C19H18FN3O3S. The quantitative estimate of drug-likeness (QED) is 0.755. The van der Waals surface area contributed by atoms with E-state index in [1.807, 2.05) is 12.1 Å². The van der Waals surface area contributed by atoms with Gasteiger partial charge >= 0.3 is 0 Å². The Bertz CT molecular complexity index is 918. The van der Waals surface area contributed by atoms with Crippen LogP contribution in [0, 0.1) is 5.82 Å². The highest BCUT2D eigenvalue weighted by Gasteiger charge is 2.31. The molecule has 1 amide bonds. The number of carbonyl (C=O) groups is 1. The molecule has 0 bridgehead atoms. The Labute approximate surface area is 160 Å². The molecule has 0 saturated carbocycles. The van der Waals surface area contributed by atoms with Crippen molar-refractivity contribution in [1.82, 2.24) is 4.90 Å². The van der Waals surface area contributed by atoms with E-state index in [1.54, 1.807) is 31.3 Å². The summed E-state index contributed by atoms with van der Waals surface area (Å²) in [6.07, 6.45) is 1.69. The van der Waals surface area contributed by atoms with Gasteiger partial charge in [-0.1, -0.05) is 12.1 Å². The van der Waals surface area contributed by atoms with Crippen LogP contribution in [0.25, 0.3) is 6.08 Å². The number of nitrogens with zero attached hydrogens (tertiary/aromatic N) is 3. The van der Waals surface area contributed by atoms with Gasteiger partial charge in [-0.25, -0.2) is 9.38 Å². The average molecular weight is 387 g/mol. The lowest BCUT2D eigenvalue weighted by atomic mass is 10.3. The molecule has 3 heterocycles. The molecular weight excluding hydrogens is 369 g/mol. The minimum atomic E-state index is -0.426. The Kier molecular flexibility index (Phi) is 5.00. The summed E-state index contributed by atoms with van der Waals surface area (Å²) in [5, 5.41) is 0.427. The van der Waals surface area contributed by atoms with Crippen molar-refractivity contribution in [3.63, 3.8) is 0 Å². The molecule has 1 aromatic carbocycles. The van der Waals surface area contributed by atoms with Gasteiger partial charge in [0.2, 0.25) is 0 Å². The molecule has 0 N–H and O–H groups in total. The largest absolute Gasteiger partial charge is 0.441 e. The number of likely N-dealkylation sites (N-methyl/N-ethyl adjacent to an activating group) is 1. The molecule has 1 aromatic heterocycles. The van der Waals surface area contributed by atoms with Crippen LogP contribution >= 0.6 is 11.8 Å². The molecule has 2 aliphatic rings. The van der Waals surface area contributed by atoms with Gasteiger partial charge in [0, 0.05) is 32.3 Å². The number of halogens is 1. The van der Waals surface area contributed by atoms with E-state index in [0.717, 1.165) is 19.0 Å². The second-order valence-corrected chi connectivity index (χ2v) is 7.11. The zero-order valence-electron chi connectivity index (χ0n) is 14.7. The fourth-order valence-corrected chi connectivity index (χ4v) is 3.76. The molecule has 8 heteroatoms. The highest BCUT2D eigenvalue weighted by Crippen LogP contribution is 2.34.